The topological polar surface area (TPSA) is 30.9 Å². The van der Waals surface area contributed by atoms with Crippen LogP contribution in [0.3, 0.4) is 0 Å². The van der Waals surface area contributed by atoms with Crippen molar-refractivity contribution in [3.05, 3.63) is 24.3 Å². The van der Waals surface area contributed by atoms with Crippen LogP contribution < -0.4 is 9.47 Å². The van der Waals surface area contributed by atoms with Crippen LogP contribution in [-0.4, -0.2) is 51.5 Å². The molecule has 106 valence electrons. The maximum absolute atomic E-state index is 5.58. The quantitative estimate of drug-likeness (QED) is 0.674. The van der Waals surface area contributed by atoms with Crippen LogP contribution in [0.2, 0.25) is 0 Å². The summed E-state index contributed by atoms with van der Waals surface area (Å²) in [6.45, 7) is 5.53. The highest BCUT2D eigenvalue weighted by Gasteiger charge is 2.10. The predicted octanol–water partition coefficient (Wildman–Crippen LogP) is 2.19. The van der Waals surface area contributed by atoms with Crippen LogP contribution in [0.25, 0.3) is 0 Å². The Hall–Kier alpha value is -1.26. The molecule has 0 amide bonds. The number of likely N-dealkylation sites (tertiary alicyclic amines) is 1. The van der Waals surface area contributed by atoms with Crippen molar-refractivity contribution < 1.29 is 14.2 Å². The Morgan fingerprint density at radius 3 is 2.32 bits per heavy atom. The Kier molecular flexibility index (Phi) is 5.98. The fraction of sp³-hybridized carbons (Fsp3) is 0.600. The van der Waals surface area contributed by atoms with E-state index in [0.717, 1.165) is 24.7 Å². The molecule has 0 saturated carbocycles. The zero-order valence-corrected chi connectivity index (χ0v) is 11.6. The van der Waals surface area contributed by atoms with E-state index in [4.69, 9.17) is 14.2 Å². The molecule has 4 heteroatoms. The zero-order valence-electron chi connectivity index (χ0n) is 11.6. The van der Waals surface area contributed by atoms with Gasteiger partial charge >= 0.3 is 0 Å². The summed E-state index contributed by atoms with van der Waals surface area (Å²) in [6, 6.07) is 7.60. The maximum atomic E-state index is 5.58. The number of ether oxygens (including phenoxy) is 3. The summed E-state index contributed by atoms with van der Waals surface area (Å²) in [5.74, 6) is 1.69. The highest BCUT2D eigenvalue weighted by molar-refractivity contribution is 5.31. The van der Waals surface area contributed by atoms with Crippen LogP contribution in [0.5, 0.6) is 11.5 Å². The fourth-order valence-corrected chi connectivity index (χ4v) is 2.19. The number of benzene rings is 1. The molecule has 19 heavy (non-hydrogen) atoms. The summed E-state index contributed by atoms with van der Waals surface area (Å²) in [6.07, 6.45) is 2.67. The van der Waals surface area contributed by atoms with Gasteiger partial charge in [0.1, 0.15) is 18.1 Å². The molecular formula is C15H23NO3. The van der Waals surface area contributed by atoms with Gasteiger partial charge < -0.3 is 19.1 Å². The van der Waals surface area contributed by atoms with E-state index in [1.54, 1.807) is 7.11 Å². The van der Waals surface area contributed by atoms with E-state index >= 15 is 0 Å². The third-order valence-corrected chi connectivity index (χ3v) is 3.31. The smallest absolute Gasteiger partial charge is 0.119 e. The minimum Gasteiger partial charge on any atom is -0.497 e. The molecule has 0 aliphatic carbocycles. The summed E-state index contributed by atoms with van der Waals surface area (Å²) in [5, 5.41) is 0. The van der Waals surface area contributed by atoms with Crippen LogP contribution in [0.4, 0.5) is 0 Å². The summed E-state index contributed by atoms with van der Waals surface area (Å²) >= 11 is 0. The molecule has 1 heterocycles. The molecule has 1 fully saturated rings. The lowest BCUT2D eigenvalue weighted by atomic mass is 10.3. The lowest BCUT2D eigenvalue weighted by Crippen LogP contribution is -2.24. The number of hydrogen-bond acceptors (Lipinski definition) is 4. The van der Waals surface area contributed by atoms with E-state index in [1.807, 2.05) is 24.3 Å². The van der Waals surface area contributed by atoms with Gasteiger partial charge in [-0.15, -0.1) is 0 Å². The van der Waals surface area contributed by atoms with Gasteiger partial charge in [0.2, 0.25) is 0 Å². The van der Waals surface area contributed by atoms with E-state index in [9.17, 15) is 0 Å². The van der Waals surface area contributed by atoms with Gasteiger partial charge in [-0.25, -0.2) is 0 Å². The van der Waals surface area contributed by atoms with Crippen molar-refractivity contribution in [1.29, 1.82) is 0 Å². The fourth-order valence-electron chi connectivity index (χ4n) is 2.19. The molecule has 0 unspecified atom stereocenters. The molecule has 1 saturated heterocycles. The normalized spacial score (nSPS) is 15.6. The highest BCUT2D eigenvalue weighted by Crippen LogP contribution is 2.16. The first-order chi connectivity index (χ1) is 9.38. The highest BCUT2D eigenvalue weighted by atomic mass is 16.5. The Labute approximate surface area is 115 Å². The van der Waals surface area contributed by atoms with Gasteiger partial charge in [-0.3, -0.25) is 0 Å². The first kappa shape index (κ1) is 14.2. The third kappa shape index (κ3) is 5.09. The molecule has 0 atom stereocenters. The largest absolute Gasteiger partial charge is 0.497 e. The van der Waals surface area contributed by atoms with Crippen LogP contribution in [-0.2, 0) is 4.74 Å². The van der Waals surface area contributed by atoms with Gasteiger partial charge in [0.15, 0.2) is 0 Å². The van der Waals surface area contributed by atoms with Crippen LogP contribution in [0.1, 0.15) is 12.8 Å². The molecule has 1 aromatic carbocycles. The maximum Gasteiger partial charge on any atom is 0.119 e. The summed E-state index contributed by atoms with van der Waals surface area (Å²) < 4.78 is 16.2. The van der Waals surface area contributed by atoms with Crippen LogP contribution in [0, 0.1) is 0 Å². The molecule has 1 aliphatic heterocycles. The second-order valence-corrected chi connectivity index (χ2v) is 4.69. The first-order valence-electron chi connectivity index (χ1n) is 6.95. The van der Waals surface area contributed by atoms with Gasteiger partial charge in [0, 0.05) is 6.54 Å². The number of rotatable bonds is 8. The molecule has 4 nitrogen and oxygen atoms in total. The number of methoxy groups -OCH3 is 1. The molecule has 0 bridgehead atoms. The molecule has 0 radical (unpaired) electrons. The summed E-state index contributed by atoms with van der Waals surface area (Å²) in [4.78, 5) is 2.45. The van der Waals surface area contributed by atoms with Gasteiger partial charge in [-0.1, -0.05) is 0 Å². The zero-order chi connectivity index (χ0) is 13.3. The summed E-state index contributed by atoms with van der Waals surface area (Å²) in [7, 11) is 1.66. The van der Waals surface area contributed by atoms with Gasteiger partial charge in [0.05, 0.1) is 20.3 Å². The van der Waals surface area contributed by atoms with Crippen LogP contribution >= 0.6 is 0 Å². The van der Waals surface area contributed by atoms with Gasteiger partial charge in [0.25, 0.3) is 0 Å². The monoisotopic (exact) mass is 265 g/mol. The van der Waals surface area contributed by atoms with Crippen LogP contribution in [0.15, 0.2) is 24.3 Å². The first-order valence-corrected chi connectivity index (χ1v) is 6.95. The molecule has 0 aromatic heterocycles. The van der Waals surface area contributed by atoms with Crippen molar-refractivity contribution in [1.82, 2.24) is 4.90 Å². The molecular weight excluding hydrogens is 242 g/mol. The number of hydrogen-bond donors (Lipinski definition) is 0. The van der Waals surface area contributed by atoms with Crippen molar-refractivity contribution in [3.8, 4) is 11.5 Å². The lowest BCUT2D eigenvalue weighted by Gasteiger charge is -2.14. The van der Waals surface area contributed by atoms with E-state index in [2.05, 4.69) is 4.90 Å². The average Bonchev–Trinajstić information content (AvgIpc) is 2.96. The van der Waals surface area contributed by atoms with Crippen molar-refractivity contribution in [2.45, 2.75) is 12.8 Å². The minimum absolute atomic E-state index is 0.590. The van der Waals surface area contributed by atoms with Crippen molar-refractivity contribution >= 4 is 0 Å². The molecule has 1 aliphatic rings. The summed E-state index contributed by atoms with van der Waals surface area (Å²) in [5.41, 5.74) is 0. The second-order valence-electron chi connectivity index (χ2n) is 4.69. The second kappa shape index (κ2) is 8.02. The number of nitrogens with zero attached hydrogens (tertiary/aromatic N) is 1. The van der Waals surface area contributed by atoms with E-state index < -0.39 is 0 Å². The van der Waals surface area contributed by atoms with Gasteiger partial charge in [-0.05, 0) is 50.2 Å². The predicted molar refractivity (Wildman–Crippen MR) is 75.0 cm³/mol. The lowest BCUT2D eigenvalue weighted by molar-refractivity contribution is 0.0846. The Morgan fingerprint density at radius 2 is 1.63 bits per heavy atom. The SMILES string of the molecule is COc1ccc(OCCOCCN2CCCC2)cc1. The molecule has 0 spiro atoms. The standard InChI is InChI=1S/C15H23NO3/c1-17-14-4-6-15(7-5-14)19-13-12-18-11-10-16-8-2-3-9-16/h4-7H,2-3,8-13H2,1H3. The Morgan fingerprint density at radius 1 is 0.947 bits per heavy atom. The van der Waals surface area contributed by atoms with Crippen molar-refractivity contribution in [2.24, 2.45) is 0 Å². The Bertz CT molecular complexity index is 347. The Balaban J connectivity index is 1.51. The molecule has 0 N–H and O–H groups in total. The molecule has 2 rings (SSSR count). The van der Waals surface area contributed by atoms with E-state index in [-0.39, 0.29) is 0 Å². The van der Waals surface area contributed by atoms with Crippen molar-refractivity contribution in [3.63, 3.8) is 0 Å². The van der Waals surface area contributed by atoms with E-state index in [0.29, 0.717) is 13.2 Å². The van der Waals surface area contributed by atoms with Crippen molar-refractivity contribution in [2.75, 3.05) is 46.6 Å². The van der Waals surface area contributed by atoms with Gasteiger partial charge in [-0.2, -0.15) is 0 Å². The van der Waals surface area contributed by atoms with E-state index in [1.165, 1.54) is 25.9 Å². The average molecular weight is 265 g/mol. The minimum atomic E-state index is 0.590. The molecule has 1 aromatic rings. The third-order valence-electron chi connectivity index (χ3n) is 3.31.